The molecule has 1 saturated carbocycles. The maximum atomic E-state index is 14.3. The maximum absolute atomic E-state index is 14.3. The normalized spacial score (nSPS) is 19.7. The molecule has 1 atom stereocenters. The average molecular weight is 613 g/mol. The SMILES string of the molecule is CC(C)(Oc1cccc(N2CCC[C@@H](C(=O)N(Cc3ccc(-c4cn[nH]c4)cc3)C3CCCCC3)C2)c1)C(=O)N1CCNCC1. The van der Waals surface area contributed by atoms with Crippen molar-refractivity contribution in [3.63, 3.8) is 0 Å². The number of piperidine rings is 1. The summed E-state index contributed by atoms with van der Waals surface area (Å²) in [6.07, 6.45) is 11.4. The van der Waals surface area contributed by atoms with Gasteiger partial charge in [0.25, 0.3) is 5.91 Å². The van der Waals surface area contributed by atoms with Crippen molar-refractivity contribution >= 4 is 17.5 Å². The summed E-state index contributed by atoms with van der Waals surface area (Å²) in [6, 6.07) is 16.9. The molecule has 1 aliphatic carbocycles. The van der Waals surface area contributed by atoms with Gasteiger partial charge in [-0.25, -0.2) is 0 Å². The molecule has 9 heteroatoms. The van der Waals surface area contributed by atoms with Crippen LogP contribution in [0.15, 0.2) is 60.9 Å². The van der Waals surface area contributed by atoms with Gasteiger partial charge in [-0.1, -0.05) is 49.6 Å². The first-order chi connectivity index (χ1) is 21.9. The van der Waals surface area contributed by atoms with Gasteiger partial charge in [0.15, 0.2) is 5.60 Å². The molecule has 9 nitrogen and oxygen atoms in total. The molecule has 0 radical (unpaired) electrons. The predicted octanol–water partition coefficient (Wildman–Crippen LogP) is 5.24. The van der Waals surface area contributed by atoms with Crippen molar-refractivity contribution in [3.05, 3.63) is 66.5 Å². The molecule has 0 spiro atoms. The summed E-state index contributed by atoms with van der Waals surface area (Å²) in [7, 11) is 0. The van der Waals surface area contributed by atoms with Crippen molar-refractivity contribution < 1.29 is 14.3 Å². The van der Waals surface area contributed by atoms with E-state index in [2.05, 4.69) is 55.6 Å². The van der Waals surface area contributed by atoms with Crippen LogP contribution < -0.4 is 15.0 Å². The second-order valence-electron chi connectivity index (χ2n) is 13.4. The fourth-order valence-corrected chi connectivity index (χ4v) is 7.17. The summed E-state index contributed by atoms with van der Waals surface area (Å²) in [4.78, 5) is 34.0. The van der Waals surface area contributed by atoms with E-state index in [9.17, 15) is 9.59 Å². The lowest BCUT2D eigenvalue weighted by Gasteiger charge is -2.40. The van der Waals surface area contributed by atoms with Crippen molar-refractivity contribution in [1.29, 1.82) is 0 Å². The van der Waals surface area contributed by atoms with Crippen LogP contribution in [0.1, 0.15) is 64.4 Å². The maximum Gasteiger partial charge on any atom is 0.266 e. The van der Waals surface area contributed by atoms with Gasteiger partial charge in [0.1, 0.15) is 5.75 Å². The molecule has 2 N–H and O–H groups in total. The summed E-state index contributed by atoms with van der Waals surface area (Å²) >= 11 is 0. The third-order valence-corrected chi connectivity index (χ3v) is 9.68. The smallest absolute Gasteiger partial charge is 0.266 e. The Hall–Kier alpha value is -3.85. The van der Waals surface area contributed by atoms with Crippen LogP contribution in [0.4, 0.5) is 5.69 Å². The van der Waals surface area contributed by atoms with Crippen LogP contribution in [-0.2, 0) is 16.1 Å². The number of benzene rings is 2. The number of aromatic nitrogens is 2. The Balaban J connectivity index is 1.14. The Bertz CT molecular complexity index is 1410. The number of nitrogens with one attached hydrogen (secondary N) is 2. The fraction of sp³-hybridized carbons (Fsp3) is 0.528. The lowest BCUT2D eigenvalue weighted by atomic mass is 9.90. The first-order valence-corrected chi connectivity index (χ1v) is 16.8. The highest BCUT2D eigenvalue weighted by Gasteiger charge is 2.36. The van der Waals surface area contributed by atoms with E-state index in [0.29, 0.717) is 38.0 Å². The number of aromatic amines is 1. The van der Waals surface area contributed by atoms with E-state index in [1.54, 1.807) is 0 Å². The summed E-state index contributed by atoms with van der Waals surface area (Å²) in [5.41, 5.74) is 3.42. The topological polar surface area (TPSA) is 93.8 Å². The van der Waals surface area contributed by atoms with E-state index in [1.165, 1.54) is 19.3 Å². The monoisotopic (exact) mass is 612 g/mol. The zero-order valence-electron chi connectivity index (χ0n) is 26.8. The molecule has 3 aromatic rings. The number of hydrogen-bond acceptors (Lipinski definition) is 6. The molecule has 240 valence electrons. The van der Waals surface area contributed by atoms with Crippen LogP contribution in [-0.4, -0.2) is 82.7 Å². The second kappa shape index (κ2) is 14.1. The van der Waals surface area contributed by atoms with E-state index >= 15 is 0 Å². The quantitative estimate of drug-likeness (QED) is 0.343. The van der Waals surface area contributed by atoms with Gasteiger partial charge < -0.3 is 24.8 Å². The lowest BCUT2D eigenvalue weighted by molar-refractivity contribution is -0.146. The van der Waals surface area contributed by atoms with Crippen molar-refractivity contribution in [1.82, 2.24) is 25.3 Å². The number of hydrogen-bond donors (Lipinski definition) is 2. The number of ether oxygens (including phenoxy) is 1. The third-order valence-electron chi connectivity index (χ3n) is 9.68. The zero-order chi connectivity index (χ0) is 31.2. The Morgan fingerprint density at radius 1 is 0.956 bits per heavy atom. The Labute approximate surface area is 267 Å². The molecule has 2 amide bonds. The largest absolute Gasteiger partial charge is 0.478 e. The number of nitrogens with zero attached hydrogens (tertiary/aromatic N) is 4. The van der Waals surface area contributed by atoms with Crippen LogP contribution >= 0.6 is 0 Å². The minimum atomic E-state index is -0.965. The molecule has 0 bridgehead atoms. The number of rotatable bonds is 9. The molecule has 2 aliphatic heterocycles. The van der Waals surface area contributed by atoms with E-state index < -0.39 is 5.60 Å². The van der Waals surface area contributed by atoms with Crippen LogP contribution in [0, 0.1) is 5.92 Å². The van der Waals surface area contributed by atoms with Crippen LogP contribution in [0.2, 0.25) is 0 Å². The fourth-order valence-electron chi connectivity index (χ4n) is 7.17. The molecule has 3 aliphatic rings. The van der Waals surface area contributed by atoms with Gasteiger partial charge >= 0.3 is 0 Å². The second-order valence-corrected chi connectivity index (χ2v) is 13.4. The van der Waals surface area contributed by atoms with Crippen molar-refractivity contribution in [3.8, 4) is 16.9 Å². The van der Waals surface area contributed by atoms with Crippen molar-refractivity contribution in [2.45, 2.75) is 77.0 Å². The highest BCUT2D eigenvalue weighted by molar-refractivity contribution is 5.85. The highest BCUT2D eigenvalue weighted by Crippen LogP contribution is 2.32. The molecule has 45 heavy (non-hydrogen) atoms. The zero-order valence-corrected chi connectivity index (χ0v) is 26.8. The summed E-state index contributed by atoms with van der Waals surface area (Å²) in [6.45, 7) is 8.95. The lowest BCUT2D eigenvalue weighted by Crippen LogP contribution is -2.54. The number of amides is 2. The summed E-state index contributed by atoms with van der Waals surface area (Å²) in [5, 5.41) is 10.3. The van der Waals surface area contributed by atoms with Gasteiger partial charge in [-0.05, 0) is 62.8 Å². The van der Waals surface area contributed by atoms with Crippen LogP contribution in [0.25, 0.3) is 11.1 Å². The average Bonchev–Trinajstić information content (AvgIpc) is 3.63. The standard InChI is InChI=1S/C36H48N6O3/c1-36(2,35(44)40-20-17-37-18-21-40)45-33-12-6-11-32(22-33)41-19-7-8-29(26-41)34(43)42(31-9-4-3-5-10-31)25-27-13-15-28(16-14-27)30-23-38-39-24-30/h6,11-16,22-24,29,31,37H,3-5,7-10,17-21,25-26H2,1-2H3,(H,38,39)/t29-/m1/s1. The van der Waals surface area contributed by atoms with E-state index in [-0.39, 0.29) is 17.7 Å². The Morgan fingerprint density at radius 2 is 1.73 bits per heavy atom. The van der Waals surface area contributed by atoms with Gasteiger partial charge in [-0.15, -0.1) is 0 Å². The van der Waals surface area contributed by atoms with Crippen molar-refractivity contribution in [2.24, 2.45) is 5.92 Å². The number of carbonyl (C=O) groups excluding carboxylic acids is 2. The molecule has 3 fully saturated rings. The van der Waals surface area contributed by atoms with E-state index in [0.717, 1.165) is 67.7 Å². The van der Waals surface area contributed by atoms with Crippen LogP contribution in [0.5, 0.6) is 5.75 Å². The molecule has 6 rings (SSSR count). The highest BCUT2D eigenvalue weighted by atomic mass is 16.5. The van der Waals surface area contributed by atoms with E-state index in [1.807, 2.05) is 49.3 Å². The molecular weight excluding hydrogens is 564 g/mol. The number of anilines is 1. The third kappa shape index (κ3) is 7.52. The summed E-state index contributed by atoms with van der Waals surface area (Å²) in [5.74, 6) is 0.913. The van der Waals surface area contributed by atoms with Gasteiger partial charge in [-0.3, -0.25) is 14.7 Å². The minimum absolute atomic E-state index is 0.0111. The van der Waals surface area contributed by atoms with E-state index in [4.69, 9.17) is 4.74 Å². The molecule has 0 unspecified atom stereocenters. The molecule has 2 saturated heterocycles. The Kier molecular flexibility index (Phi) is 9.73. The summed E-state index contributed by atoms with van der Waals surface area (Å²) < 4.78 is 6.32. The van der Waals surface area contributed by atoms with Gasteiger partial charge in [0.2, 0.25) is 5.91 Å². The number of carbonyl (C=O) groups is 2. The van der Waals surface area contributed by atoms with Gasteiger partial charge in [0.05, 0.1) is 12.1 Å². The molecule has 2 aromatic carbocycles. The Morgan fingerprint density at radius 3 is 2.47 bits per heavy atom. The van der Waals surface area contributed by atoms with Gasteiger partial charge in [0, 0.05) is 75.4 Å². The van der Waals surface area contributed by atoms with Crippen LogP contribution in [0.3, 0.4) is 0 Å². The number of H-pyrrole nitrogens is 1. The van der Waals surface area contributed by atoms with Crippen molar-refractivity contribution in [2.75, 3.05) is 44.2 Å². The molecular formula is C36H48N6O3. The first kappa shape index (κ1) is 31.1. The van der Waals surface area contributed by atoms with Gasteiger partial charge in [-0.2, -0.15) is 5.10 Å². The predicted molar refractivity (Wildman–Crippen MR) is 177 cm³/mol. The number of piperazine rings is 1. The first-order valence-electron chi connectivity index (χ1n) is 16.8. The minimum Gasteiger partial charge on any atom is -0.478 e. The molecule has 3 heterocycles. The molecule has 1 aromatic heterocycles.